The van der Waals surface area contributed by atoms with Crippen LogP contribution < -0.4 is 5.32 Å². The van der Waals surface area contributed by atoms with E-state index >= 15 is 0 Å². The van der Waals surface area contributed by atoms with Gasteiger partial charge in [-0.15, -0.1) is 0 Å². The fourth-order valence-corrected chi connectivity index (χ4v) is 1.97. The van der Waals surface area contributed by atoms with Crippen molar-refractivity contribution in [1.82, 2.24) is 0 Å². The van der Waals surface area contributed by atoms with Crippen molar-refractivity contribution in [1.29, 1.82) is 0 Å². The number of halogens is 1. The highest BCUT2D eigenvalue weighted by Gasteiger charge is 2.17. The molecule has 2 N–H and O–H groups in total. The lowest BCUT2D eigenvalue weighted by Gasteiger charge is -2.10. The number of carboxylic acid groups (broad SMARTS) is 1. The van der Waals surface area contributed by atoms with E-state index in [0.717, 1.165) is 11.6 Å². The molecule has 7 heteroatoms. The van der Waals surface area contributed by atoms with E-state index in [1.807, 2.05) is 6.92 Å². The monoisotopic (exact) mass is 306 g/mol. The highest BCUT2D eigenvalue weighted by molar-refractivity contribution is 6.30. The molecule has 2 aromatic carbocycles. The zero-order chi connectivity index (χ0) is 15.6. The molecule has 0 amide bonds. The number of carbonyl (C=O) groups is 1. The number of rotatable bonds is 4. The molecule has 2 rings (SSSR count). The summed E-state index contributed by atoms with van der Waals surface area (Å²) in [6, 6.07) is 8.82. The van der Waals surface area contributed by atoms with Gasteiger partial charge in [0.25, 0.3) is 5.69 Å². The molecule has 0 spiro atoms. The van der Waals surface area contributed by atoms with Crippen LogP contribution in [0.2, 0.25) is 5.02 Å². The largest absolute Gasteiger partial charge is 0.478 e. The molecule has 0 atom stereocenters. The van der Waals surface area contributed by atoms with E-state index in [9.17, 15) is 14.9 Å². The van der Waals surface area contributed by atoms with Gasteiger partial charge in [-0.25, -0.2) is 4.79 Å². The zero-order valence-corrected chi connectivity index (χ0v) is 11.7. The van der Waals surface area contributed by atoms with Crippen LogP contribution in [0, 0.1) is 17.0 Å². The summed E-state index contributed by atoms with van der Waals surface area (Å²) in [5, 5.41) is 23.4. The number of benzene rings is 2. The number of aromatic carboxylic acids is 1. The molecule has 0 radical (unpaired) electrons. The van der Waals surface area contributed by atoms with Gasteiger partial charge in [0.2, 0.25) is 0 Å². The van der Waals surface area contributed by atoms with E-state index in [2.05, 4.69) is 5.32 Å². The number of hydrogen-bond acceptors (Lipinski definition) is 4. The van der Waals surface area contributed by atoms with Crippen LogP contribution in [-0.4, -0.2) is 16.0 Å². The predicted octanol–water partition coefficient (Wildman–Crippen LogP) is 4.00. The minimum absolute atomic E-state index is 0.143. The summed E-state index contributed by atoms with van der Waals surface area (Å²) in [6.45, 7) is 1.83. The van der Waals surface area contributed by atoms with Gasteiger partial charge >= 0.3 is 5.97 Å². The maximum atomic E-state index is 11.1. The van der Waals surface area contributed by atoms with E-state index in [4.69, 9.17) is 16.7 Å². The highest BCUT2D eigenvalue weighted by Crippen LogP contribution is 2.31. The molecule has 0 fully saturated rings. The fourth-order valence-electron chi connectivity index (χ4n) is 1.80. The van der Waals surface area contributed by atoms with Crippen LogP contribution >= 0.6 is 11.6 Å². The van der Waals surface area contributed by atoms with Crippen LogP contribution in [0.5, 0.6) is 0 Å². The highest BCUT2D eigenvalue weighted by atomic mass is 35.5. The second-order valence-electron chi connectivity index (χ2n) is 4.38. The molecule has 6 nitrogen and oxygen atoms in total. The number of carboxylic acids is 1. The molecule has 0 aromatic heterocycles. The molecule has 2 aromatic rings. The van der Waals surface area contributed by atoms with Gasteiger partial charge in [0.15, 0.2) is 0 Å². The second kappa shape index (κ2) is 5.80. The zero-order valence-electron chi connectivity index (χ0n) is 11.0. The smallest absolute Gasteiger partial charge is 0.335 e. The van der Waals surface area contributed by atoms with Gasteiger partial charge in [0, 0.05) is 16.8 Å². The third-order valence-corrected chi connectivity index (χ3v) is 3.15. The first-order valence-corrected chi connectivity index (χ1v) is 6.31. The Hall–Kier alpha value is -2.60. The minimum atomic E-state index is -1.22. The average Bonchev–Trinajstić information content (AvgIpc) is 2.42. The van der Waals surface area contributed by atoms with Gasteiger partial charge in [0.05, 0.1) is 10.5 Å². The lowest BCUT2D eigenvalue weighted by Crippen LogP contribution is -2.02. The van der Waals surface area contributed by atoms with Gasteiger partial charge in [-0.2, -0.15) is 0 Å². The number of nitrogens with one attached hydrogen (secondary N) is 1. The van der Waals surface area contributed by atoms with Crippen molar-refractivity contribution in [2.24, 2.45) is 0 Å². The Kier molecular flexibility index (Phi) is 4.09. The summed E-state index contributed by atoms with van der Waals surface area (Å²) in [7, 11) is 0. The molecular weight excluding hydrogens is 296 g/mol. The first-order chi connectivity index (χ1) is 9.88. The van der Waals surface area contributed by atoms with Crippen molar-refractivity contribution < 1.29 is 14.8 Å². The average molecular weight is 307 g/mol. The SMILES string of the molecule is Cc1ccc(Cl)cc1Nc1ccc(C(=O)O)cc1[N+](=O)[O-]. The van der Waals surface area contributed by atoms with Gasteiger partial charge in [-0.1, -0.05) is 17.7 Å². The molecule has 0 unspecified atom stereocenters. The molecule has 0 aliphatic carbocycles. The minimum Gasteiger partial charge on any atom is -0.478 e. The number of nitro benzene ring substituents is 1. The molecule has 0 bridgehead atoms. The molecule has 0 saturated heterocycles. The number of anilines is 2. The quantitative estimate of drug-likeness (QED) is 0.658. The third kappa shape index (κ3) is 3.29. The van der Waals surface area contributed by atoms with Crippen molar-refractivity contribution in [3.63, 3.8) is 0 Å². The van der Waals surface area contributed by atoms with Crippen LogP contribution in [0.15, 0.2) is 36.4 Å². The second-order valence-corrected chi connectivity index (χ2v) is 4.81. The first kappa shape index (κ1) is 14.8. The fraction of sp³-hybridized carbons (Fsp3) is 0.0714. The maximum Gasteiger partial charge on any atom is 0.335 e. The Morgan fingerprint density at radius 3 is 2.57 bits per heavy atom. The molecule has 0 saturated carbocycles. The van der Waals surface area contributed by atoms with Gasteiger partial charge in [-0.3, -0.25) is 10.1 Å². The first-order valence-electron chi connectivity index (χ1n) is 5.93. The third-order valence-electron chi connectivity index (χ3n) is 2.91. The Bertz CT molecular complexity index is 731. The Morgan fingerprint density at radius 2 is 1.95 bits per heavy atom. The van der Waals surface area contributed by atoms with Crippen molar-refractivity contribution in [3.05, 3.63) is 62.7 Å². The number of nitrogens with zero attached hydrogens (tertiary/aromatic N) is 1. The van der Waals surface area contributed by atoms with Crippen molar-refractivity contribution in [2.75, 3.05) is 5.32 Å². The van der Waals surface area contributed by atoms with Crippen molar-refractivity contribution in [3.8, 4) is 0 Å². The van der Waals surface area contributed by atoms with Crippen LogP contribution in [0.4, 0.5) is 17.1 Å². The Balaban J connectivity index is 2.46. The van der Waals surface area contributed by atoms with Crippen LogP contribution in [0.3, 0.4) is 0 Å². The van der Waals surface area contributed by atoms with E-state index in [0.29, 0.717) is 10.7 Å². The molecule has 0 heterocycles. The van der Waals surface area contributed by atoms with Crippen molar-refractivity contribution >= 4 is 34.6 Å². The lowest BCUT2D eigenvalue weighted by atomic mass is 10.1. The van der Waals surface area contributed by atoms with Crippen LogP contribution in [0.1, 0.15) is 15.9 Å². The van der Waals surface area contributed by atoms with E-state index in [-0.39, 0.29) is 16.9 Å². The number of aryl methyl sites for hydroxylation is 1. The number of nitro groups is 1. The summed E-state index contributed by atoms with van der Waals surface area (Å²) in [4.78, 5) is 21.3. The summed E-state index contributed by atoms with van der Waals surface area (Å²) in [5.74, 6) is -1.22. The van der Waals surface area contributed by atoms with Gasteiger partial charge in [-0.05, 0) is 36.8 Å². The molecule has 108 valence electrons. The molecule has 0 aliphatic rings. The van der Waals surface area contributed by atoms with Gasteiger partial charge < -0.3 is 10.4 Å². The van der Waals surface area contributed by atoms with E-state index in [1.165, 1.54) is 12.1 Å². The summed E-state index contributed by atoms with van der Waals surface area (Å²) in [6.07, 6.45) is 0. The normalized spacial score (nSPS) is 10.2. The Labute approximate surface area is 125 Å². The van der Waals surface area contributed by atoms with E-state index < -0.39 is 10.9 Å². The molecule has 0 aliphatic heterocycles. The maximum absolute atomic E-state index is 11.1. The summed E-state index contributed by atoms with van der Waals surface area (Å²) < 4.78 is 0. The van der Waals surface area contributed by atoms with Crippen LogP contribution in [-0.2, 0) is 0 Å². The van der Waals surface area contributed by atoms with Gasteiger partial charge in [0.1, 0.15) is 5.69 Å². The summed E-state index contributed by atoms with van der Waals surface area (Å²) >= 11 is 5.90. The van der Waals surface area contributed by atoms with Crippen LogP contribution in [0.25, 0.3) is 0 Å². The molecular formula is C14H11ClN2O4. The predicted molar refractivity (Wildman–Crippen MR) is 79.5 cm³/mol. The molecule has 21 heavy (non-hydrogen) atoms. The standard InChI is InChI=1S/C14H11ClN2O4/c1-8-2-4-10(15)7-12(8)16-11-5-3-9(14(18)19)6-13(11)17(20)21/h2-7,16H,1H3,(H,18,19). The van der Waals surface area contributed by atoms with E-state index in [1.54, 1.807) is 18.2 Å². The lowest BCUT2D eigenvalue weighted by molar-refractivity contribution is -0.383. The topological polar surface area (TPSA) is 92.5 Å². The Morgan fingerprint density at radius 1 is 1.24 bits per heavy atom. The summed E-state index contributed by atoms with van der Waals surface area (Å²) in [5.41, 5.74) is 1.23. The number of hydrogen-bond donors (Lipinski definition) is 2. The van der Waals surface area contributed by atoms with Crippen molar-refractivity contribution in [2.45, 2.75) is 6.92 Å².